The zero-order chi connectivity index (χ0) is 19.0. The Bertz CT molecular complexity index is 825. The second kappa shape index (κ2) is 9.54. The number of nitrogens with zero attached hydrogens (tertiary/aromatic N) is 2. The van der Waals surface area contributed by atoms with E-state index in [1.54, 1.807) is 0 Å². The molecule has 0 amide bonds. The molecule has 0 spiro atoms. The number of hydrogen-bond acceptors (Lipinski definition) is 3. The van der Waals surface area contributed by atoms with Crippen LogP contribution in [0.3, 0.4) is 0 Å². The Morgan fingerprint density at radius 2 is 1.18 bits per heavy atom. The lowest BCUT2D eigenvalue weighted by Gasteiger charge is -2.34. The molecule has 1 fully saturated rings. The molecule has 1 saturated heterocycles. The number of piperazine rings is 1. The van der Waals surface area contributed by atoms with Crippen molar-refractivity contribution in [3.63, 3.8) is 0 Å². The van der Waals surface area contributed by atoms with E-state index in [4.69, 9.17) is 4.74 Å². The molecular formula is C25H28N2O. The molecule has 4 rings (SSSR count). The van der Waals surface area contributed by atoms with Crippen LogP contribution in [0.2, 0.25) is 0 Å². The third-order valence-corrected chi connectivity index (χ3v) is 5.35. The van der Waals surface area contributed by atoms with E-state index < -0.39 is 0 Å². The maximum absolute atomic E-state index is 5.97. The predicted octanol–water partition coefficient (Wildman–Crippen LogP) is 4.55. The lowest BCUT2D eigenvalue weighted by molar-refractivity contribution is 0.112. The molecule has 3 aromatic carbocycles. The van der Waals surface area contributed by atoms with Crippen LogP contribution in [0.5, 0.6) is 5.75 Å². The molecule has 1 heterocycles. The highest BCUT2D eigenvalue weighted by atomic mass is 16.5. The van der Waals surface area contributed by atoms with Gasteiger partial charge in [0.1, 0.15) is 12.4 Å². The normalized spacial score (nSPS) is 15.4. The summed E-state index contributed by atoms with van der Waals surface area (Å²) in [7, 11) is 0. The Labute approximate surface area is 168 Å². The first-order valence-electron chi connectivity index (χ1n) is 10.1. The van der Waals surface area contributed by atoms with Crippen LogP contribution in [0.4, 0.5) is 0 Å². The average Bonchev–Trinajstić information content (AvgIpc) is 2.77. The summed E-state index contributed by atoms with van der Waals surface area (Å²) in [4.78, 5) is 5.04. The van der Waals surface area contributed by atoms with Gasteiger partial charge in [-0.05, 0) is 28.8 Å². The summed E-state index contributed by atoms with van der Waals surface area (Å²) in [6, 6.07) is 29.6. The van der Waals surface area contributed by atoms with Crippen molar-refractivity contribution in [1.82, 2.24) is 9.80 Å². The van der Waals surface area contributed by atoms with Gasteiger partial charge in [0.05, 0.1) is 0 Å². The predicted molar refractivity (Wildman–Crippen MR) is 116 cm³/mol. The Morgan fingerprint density at radius 1 is 0.607 bits per heavy atom. The molecule has 3 nitrogen and oxygen atoms in total. The fourth-order valence-corrected chi connectivity index (χ4v) is 3.68. The molecule has 0 radical (unpaired) electrons. The van der Waals surface area contributed by atoms with Crippen molar-refractivity contribution in [3.05, 3.63) is 90.5 Å². The van der Waals surface area contributed by atoms with Crippen molar-refractivity contribution in [2.75, 3.05) is 39.3 Å². The van der Waals surface area contributed by atoms with Crippen LogP contribution in [-0.2, 0) is 6.54 Å². The van der Waals surface area contributed by atoms with Crippen molar-refractivity contribution in [1.29, 1.82) is 0 Å². The Kier molecular flexibility index (Phi) is 6.38. The molecule has 144 valence electrons. The minimum absolute atomic E-state index is 0.739. The van der Waals surface area contributed by atoms with Gasteiger partial charge in [0, 0.05) is 39.3 Å². The Morgan fingerprint density at radius 3 is 1.86 bits per heavy atom. The van der Waals surface area contributed by atoms with Crippen molar-refractivity contribution < 1.29 is 4.74 Å². The zero-order valence-corrected chi connectivity index (χ0v) is 16.3. The summed E-state index contributed by atoms with van der Waals surface area (Å²) in [5.74, 6) is 0.947. The fourth-order valence-electron chi connectivity index (χ4n) is 3.68. The second-order valence-electron chi connectivity index (χ2n) is 7.34. The molecule has 1 aliphatic rings. The summed E-state index contributed by atoms with van der Waals surface area (Å²) in [5.41, 5.74) is 3.86. The summed E-state index contributed by atoms with van der Waals surface area (Å²) in [5, 5.41) is 0. The summed E-state index contributed by atoms with van der Waals surface area (Å²) < 4.78 is 5.97. The van der Waals surface area contributed by atoms with E-state index in [9.17, 15) is 0 Å². The van der Waals surface area contributed by atoms with Gasteiger partial charge < -0.3 is 4.74 Å². The van der Waals surface area contributed by atoms with Crippen LogP contribution in [0.15, 0.2) is 84.9 Å². The van der Waals surface area contributed by atoms with E-state index in [1.165, 1.54) is 16.7 Å². The van der Waals surface area contributed by atoms with E-state index >= 15 is 0 Å². The second-order valence-corrected chi connectivity index (χ2v) is 7.34. The van der Waals surface area contributed by atoms with Gasteiger partial charge in [0.25, 0.3) is 0 Å². The van der Waals surface area contributed by atoms with E-state index in [0.29, 0.717) is 0 Å². The minimum atomic E-state index is 0.739. The monoisotopic (exact) mass is 372 g/mol. The quantitative estimate of drug-likeness (QED) is 0.605. The maximum atomic E-state index is 5.97. The van der Waals surface area contributed by atoms with Gasteiger partial charge in [0.2, 0.25) is 0 Å². The smallest absolute Gasteiger partial charge is 0.119 e. The highest BCUT2D eigenvalue weighted by Crippen LogP contribution is 2.22. The van der Waals surface area contributed by atoms with E-state index in [2.05, 4.69) is 88.7 Å². The van der Waals surface area contributed by atoms with E-state index in [1.807, 2.05) is 6.07 Å². The molecule has 0 aliphatic carbocycles. The Balaban J connectivity index is 1.18. The third-order valence-electron chi connectivity index (χ3n) is 5.35. The van der Waals surface area contributed by atoms with Crippen LogP contribution in [0.1, 0.15) is 5.56 Å². The van der Waals surface area contributed by atoms with E-state index in [0.717, 1.165) is 51.6 Å². The molecule has 28 heavy (non-hydrogen) atoms. The molecule has 3 aromatic rings. The molecule has 1 aliphatic heterocycles. The first kappa shape index (κ1) is 18.7. The molecule has 0 N–H and O–H groups in total. The molecule has 0 bridgehead atoms. The van der Waals surface area contributed by atoms with Gasteiger partial charge in [-0.25, -0.2) is 0 Å². The third kappa shape index (κ3) is 5.22. The van der Waals surface area contributed by atoms with Crippen molar-refractivity contribution >= 4 is 0 Å². The minimum Gasteiger partial charge on any atom is -0.492 e. The first-order chi connectivity index (χ1) is 13.9. The molecule has 3 heteroatoms. The van der Waals surface area contributed by atoms with Crippen LogP contribution in [0, 0.1) is 0 Å². The van der Waals surface area contributed by atoms with Gasteiger partial charge in [-0.2, -0.15) is 0 Å². The fraction of sp³-hybridized carbons (Fsp3) is 0.280. The highest BCUT2D eigenvalue weighted by Gasteiger charge is 2.16. The number of benzene rings is 3. The van der Waals surface area contributed by atoms with E-state index in [-0.39, 0.29) is 0 Å². The topological polar surface area (TPSA) is 15.7 Å². The van der Waals surface area contributed by atoms with Gasteiger partial charge in [-0.3, -0.25) is 9.80 Å². The largest absolute Gasteiger partial charge is 0.492 e. The lowest BCUT2D eigenvalue weighted by Crippen LogP contribution is -2.47. The van der Waals surface area contributed by atoms with Gasteiger partial charge >= 0.3 is 0 Å². The van der Waals surface area contributed by atoms with Crippen LogP contribution < -0.4 is 4.74 Å². The molecule has 0 unspecified atom stereocenters. The van der Waals surface area contributed by atoms with Gasteiger partial charge in [0.15, 0.2) is 0 Å². The van der Waals surface area contributed by atoms with Crippen molar-refractivity contribution in [2.24, 2.45) is 0 Å². The lowest BCUT2D eigenvalue weighted by atomic mass is 10.1. The van der Waals surface area contributed by atoms with Crippen LogP contribution in [-0.4, -0.2) is 49.1 Å². The van der Waals surface area contributed by atoms with Crippen LogP contribution >= 0.6 is 0 Å². The zero-order valence-electron chi connectivity index (χ0n) is 16.3. The number of ether oxygens (including phenoxy) is 1. The Hall–Kier alpha value is -2.62. The highest BCUT2D eigenvalue weighted by molar-refractivity contribution is 5.63. The average molecular weight is 373 g/mol. The standard InChI is InChI=1S/C25H28N2O/c1-3-7-22(8-4-1)21-27-17-15-26(16-18-27)19-20-28-25-13-11-24(12-14-25)23-9-5-2-6-10-23/h1-14H,15-21H2. The SMILES string of the molecule is c1ccc(CN2CCN(CCOc3ccc(-c4ccccc4)cc3)CC2)cc1. The molecule has 0 atom stereocenters. The summed E-state index contributed by atoms with van der Waals surface area (Å²) in [6.07, 6.45) is 0. The number of hydrogen-bond donors (Lipinski definition) is 0. The summed E-state index contributed by atoms with van der Waals surface area (Å²) in [6.45, 7) is 7.26. The molecular weight excluding hydrogens is 344 g/mol. The molecule has 0 saturated carbocycles. The summed E-state index contributed by atoms with van der Waals surface area (Å²) >= 11 is 0. The first-order valence-corrected chi connectivity index (χ1v) is 10.1. The van der Waals surface area contributed by atoms with Gasteiger partial charge in [-0.1, -0.05) is 72.8 Å². The van der Waals surface area contributed by atoms with Gasteiger partial charge in [-0.15, -0.1) is 0 Å². The van der Waals surface area contributed by atoms with Crippen LogP contribution in [0.25, 0.3) is 11.1 Å². The number of rotatable bonds is 7. The van der Waals surface area contributed by atoms with Crippen molar-refractivity contribution in [2.45, 2.75) is 6.54 Å². The van der Waals surface area contributed by atoms with Crippen molar-refractivity contribution in [3.8, 4) is 16.9 Å². The maximum Gasteiger partial charge on any atom is 0.119 e. The molecule has 0 aromatic heterocycles.